The Labute approximate surface area is 121 Å². The molecule has 0 aromatic heterocycles. The fraction of sp³-hybridized carbons (Fsp3) is 0.625. The molecule has 1 aromatic rings. The molecule has 3 unspecified atom stereocenters. The summed E-state index contributed by atoms with van der Waals surface area (Å²) < 4.78 is 5.60. The summed E-state index contributed by atoms with van der Waals surface area (Å²) in [6.45, 7) is 5.45. The van der Waals surface area contributed by atoms with Crippen LogP contribution in [0.4, 0.5) is 5.69 Å². The van der Waals surface area contributed by atoms with Crippen molar-refractivity contribution in [3.05, 3.63) is 24.3 Å². The number of nitrogens with zero attached hydrogens (tertiary/aromatic N) is 1. The zero-order chi connectivity index (χ0) is 14.5. The first-order valence-electron chi connectivity index (χ1n) is 7.48. The Morgan fingerprint density at radius 3 is 2.70 bits per heavy atom. The summed E-state index contributed by atoms with van der Waals surface area (Å²) >= 11 is 0. The fourth-order valence-electron chi connectivity index (χ4n) is 2.93. The molecular weight excluding hydrogens is 252 g/mol. The minimum Gasteiger partial charge on any atom is -0.491 e. The molecular formula is C16H26N2O2. The summed E-state index contributed by atoms with van der Waals surface area (Å²) in [5.74, 6) is 0.712. The summed E-state index contributed by atoms with van der Waals surface area (Å²) in [7, 11) is 0. The van der Waals surface area contributed by atoms with Gasteiger partial charge in [0.25, 0.3) is 0 Å². The molecule has 0 amide bonds. The molecule has 0 spiro atoms. The van der Waals surface area contributed by atoms with Gasteiger partial charge >= 0.3 is 0 Å². The lowest BCUT2D eigenvalue weighted by atomic mass is 9.97. The molecule has 1 heterocycles. The Balaban J connectivity index is 1.81. The molecule has 0 saturated carbocycles. The molecule has 1 saturated heterocycles. The highest BCUT2D eigenvalue weighted by Gasteiger charge is 2.26. The van der Waals surface area contributed by atoms with Crippen LogP contribution in [0.3, 0.4) is 0 Å². The topological polar surface area (TPSA) is 58.7 Å². The van der Waals surface area contributed by atoms with Crippen molar-refractivity contribution >= 4 is 5.69 Å². The minimum absolute atomic E-state index is 0.305. The van der Waals surface area contributed by atoms with E-state index in [4.69, 9.17) is 10.5 Å². The predicted molar refractivity (Wildman–Crippen MR) is 81.8 cm³/mol. The molecule has 1 fully saturated rings. The van der Waals surface area contributed by atoms with Gasteiger partial charge in [0, 0.05) is 30.4 Å². The molecule has 1 aliphatic rings. The highest BCUT2D eigenvalue weighted by molar-refractivity contribution is 5.43. The van der Waals surface area contributed by atoms with E-state index in [9.17, 15) is 5.11 Å². The van der Waals surface area contributed by atoms with Crippen LogP contribution in [0.25, 0.3) is 0 Å². The maximum absolute atomic E-state index is 10.2. The standard InChI is InChI=1S/C16H26N2O2/c1-12-5-3-6-13(2)18(12)10-15(19)11-20-16-8-4-7-14(17)9-16/h4,7-9,12-13,15,19H,3,5-6,10-11,17H2,1-2H3. The number of ether oxygens (including phenoxy) is 1. The first-order valence-corrected chi connectivity index (χ1v) is 7.48. The van der Waals surface area contributed by atoms with E-state index in [0.717, 1.165) is 0 Å². The first-order chi connectivity index (χ1) is 9.56. The Bertz CT molecular complexity index is 415. The lowest BCUT2D eigenvalue weighted by molar-refractivity contribution is 0.0209. The van der Waals surface area contributed by atoms with Gasteiger partial charge in [-0.25, -0.2) is 0 Å². The monoisotopic (exact) mass is 278 g/mol. The number of likely N-dealkylation sites (tertiary alicyclic amines) is 1. The van der Waals surface area contributed by atoms with Gasteiger partial charge in [-0.05, 0) is 38.8 Å². The molecule has 0 aliphatic carbocycles. The predicted octanol–water partition coefficient (Wildman–Crippen LogP) is 2.27. The third kappa shape index (κ3) is 4.12. The van der Waals surface area contributed by atoms with Gasteiger partial charge in [-0.3, -0.25) is 4.90 Å². The van der Waals surface area contributed by atoms with Crippen molar-refractivity contribution in [3.8, 4) is 5.75 Å². The number of benzene rings is 1. The van der Waals surface area contributed by atoms with Gasteiger partial charge in [0.1, 0.15) is 18.5 Å². The van der Waals surface area contributed by atoms with Crippen molar-refractivity contribution in [2.75, 3.05) is 18.9 Å². The SMILES string of the molecule is CC1CCCC(C)N1CC(O)COc1cccc(N)c1. The summed E-state index contributed by atoms with van der Waals surface area (Å²) in [5, 5.41) is 10.2. The Kier molecular flexibility index (Phi) is 5.26. The van der Waals surface area contributed by atoms with Crippen LogP contribution in [0.5, 0.6) is 5.75 Å². The van der Waals surface area contributed by atoms with Crippen LogP contribution in [0, 0.1) is 0 Å². The number of rotatable bonds is 5. The summed E-state index contributed by atoms with van der Waals surface area (Å²) in [5.41, 5.74) is 6.38. The number of hydrogen-bond acceptors (Lipinski definition) is 4. The Morgan fingerprint density at radius 1 is 1.35 bits per heavy atom. The molecule has 4 nitrogen and oxygen atoms in total. The van der Waals surface area contributed by atoms with E-state index in [1.165, 1.54) is 19.3 Å². The van der Waals surface area contributed by atoms with Crippen LogP contribution in [0.15, 0.2) is 24.3 Å². The second kappa shape index (κ2) is 6.95. The van der Waals surface area contributed by atoms with Crippen molar-refractivity contribution in [1.82, 2.24) is 4.90 Å². The third-order valence-corrected chi connectivity index (χ3v) is 4.10. The molecule has 1 aliphatic heterocycles. The van der Waals surface area contributed by atoms with Gasteiger partial charge in [-0.15, -0.1) is 0 Å². The minimum atomic E-state index is -0.473. The van der Waals surface area contributed by atoms with Gasteiger partial charge in [0.05, 0.1) is 0 Å². The van der Waals surface area contributed by atoms with E-state index in [0.29, 0.717) is 36.7 Å². The summed E-state index contributed by atoms with van der Waals surface area (Å²) in [6, 6.07) is 8.39. The zero-order valence-electron chi connectivity index (χ0n) is 12.5. The molecule has 2 rings (SSSR count). The van der Waals surface area contributed by atoms with E-state index in [2.05, 4.69) is 18.7 Å². The molecule has 4 heteroatoms. The number of hydrogen-bond donors (Lipinski definition) is 2. The molecule has 3 N–H and O–H groups in total. The van der Waals surface area contributed by atoms with Crippen LogP contribution < -0.4 is 10.5 Å². The molecule has 20 heavy (non-hydrogen) atoms. The third-order valence-electron chi connectivity index (χ3n) is 4.10. The lowest BCUT2D eigenvalue weighted by Gasteiger charge is -2.40. The largest absolute Gasteiger partial charge is 0.491 e. The zero-order valence-corrected chi connectivity index (χ0v) is 12.5. The number of β-amino-alcohol motifs (C(OH)–C–C–N with tert-alkyl or cyclic N) is 1. The van der Waals surface area contributed by atoms with Gasteiger partial charge < -0.3 is 15.6 Å². The van der Waals surface area contributed by atoms with Crippen molar-refractivity contribution in [1.29, 1.82) is 0 Å². The van der Waals surface area contributed by atoms with E-state index in [1.54, 1.807) is 6.07 Å². The Morgan fingerprint density at radius 2 is 2.05 bits per heavy atom. The van der Waals surface area contributed by atoms with Crippen LogP contribution in [0.2, 0.25) is 0 Å². The number of piperidine rings is 1. The number of nitrogens with two attached hydrogens (primary N) is 1. The molecule has 112 valence electrons. The lowest BCUT2D eigenvalue weighted by Crippen LogP contribution is -2.48. The maximum Gasteiger partial charge on any atom is 0.121 e. The van der Waals surface area contributed by atoms with Crippen molar-refractivity contribution in [2.45, 2.75) is 51.3 Å². The van der Waals surface area contributed by atoms with Crippen LogP contribution in [-0.2, 0) is 0 Å². The quantitative estimate of drug-likeness (QED) is 0.811. The first kappa shape index (κ1) is 15.1. The van der Waals surface area contributed by atoms with Gasteiger partial charge in [0.2, 0.25) is 0 Å². The molecule has 3 atom stereocenters. The second-order valence-electron chi connectivity index (χ2n) is 5.86. The van der Waals surface area contributed by atoms with Crippen molar-refractivity contribution < 1.29 is 9.84 Å². The normalized spacial score (nSPS) is 25.4. The highest BCUT2D eigenvalue weighted by atomic mass is 16.5. The number of nitrogen functional groups attached to an aromatic ring is 1. The summed E-state index contributed by atoms with van der Waals surface area (Å²) in [6.07, 6.45) is 3.24. The van der Waals surface area contributed by atoms with E-state index >= 15 is 0 Å². The van der Waals surface area contributed by atoms with Gasteiger partial charge in [0.15, 0.2) is 0 Å². The maximum atomic E-state index is 10.2. The number of aliphatic hydroxyl groups excluding tert-OH is 1. The number of anilines is 1. The van der Waals surface area contributed by atoms with Crippen molar-refractivity contribution in [3.63, 3.8) is 0 Å². The summed E-state index contributed by atoms with van der Waals surface area (Å²) in [4.78, 5) is 2.39. The van der Waals surface area contributed by atoms with E-state index in [-0.39, 0.29) is 0 Å². The highest BCUT2D eigenvalue weighted by Crippen LogP contribution is 2.22. The second-order valence-corrected chi connectivity index (χ2v) is 5.86. The average Bonchev–Trinajstić information content (AvgIpc) is 2.41. The van der Waals surface area contributed by atoms with E-state index in [1.807, 2.05) is 18.2 Å². The van der Waals surface area contributed by atoms with Crippen LogP contribution in [0.1, 0.15) is 33.1 Å². The van der Waals surface area contributed by atoms with Crippen LogP contribution in [-0.4, -0.2) is 41.3 Å². The van der Waals surface area contributed by atoms with Crippen LogP contribution >= 0.6 is 0 Å². The smallest absolute Gasteiger partial charge is 0.121 e. The Hall–Kier alpha value is -1.26. The molecule has 0 radical (unpaired) electrons. The van der Waals surface area contributed by atoms with Crippen molar-refractivity contribution in [2.24, 2.45) is 0 Å². The fourth-order valence-corrected chi connectivity index (χ4v) is 2.93. The number of aliphatic hydroxyl groups is 1. The van der Waals surface area contributed by atoms with Gasteiger partial charge in [-0.2, -0.15) is 0 Å². The van der Waals surface area contributed by atoms with Gasteiger partial charge in [-0.1, -0.05) is 12.5 Å². The average molecular weight is 278 g/mol. The van der Waals surface area contributed by atoms with E-state index < -0.39 is 6.10 Å². The molecule has 0 bridgehead atoms. The molecule has 1 aromatic carbocycles.